The Morgan fingerprint density at radius 3 is 2.56 bits per heavy atom. The van der Waals surface area contributed by atoms with Crippen molar-refractivity contribution in [3.8, 4) is 0 Å². The van der Waals surface area contributed by atoms with Crippen molar-refractivity contribution in [3.05, 3.63) is 18.2 Å². The minimum Gasteiger partial charge on any atom is -0.382 e. The number of hydrogen-bond acceptors (Lipinski definition) is 3. The summed E-state index contributed by atoms with van der Waals surface area (Å²) in [5, 5.41) is 10.5. The number of aromatic nitrogens is 2. The van der Waals surface area contributed by atoms with Crippen LogP contribution in [-0.2, 0) is 11.3 Å². The van der Waals surface area contributed by atoms with Crippen LogP contribution in [-0.4, -0.2) is 27.4 Å². The van der Waals surface area contributed by atoms with Crippen molar-refractivity contribution < 1.29 is 9.84 Å². The maximum absolute atomic E-state index is 10.5. The number of rotatable bonds is 6. The van der Waals surface area contributed by atoms with Gasteiger partial charge in [0.1, 0.15) is 11.9 Å². The zero-order valence-electron chi connectivity index (χ0n) is 12.2. The molecule has 18 heavy (non-hydrogen) atoms. The zero-order valence-corrected chi connectivity index (χ0v) is 12.2. The standard InChI is InChI=1S/C14H26N2O2/c1-6-9-16-10-8-15-13(16)11(17)12(18-7-2)14(3,4)5/h8,10-12,17H,6-7,9H2,1-5H3. The lowest BCUT2D eigenvalue weighted by Crippen LogP contribution is -2.36. The maximum atomic E-state index is 10.5. The number of hydrogen-bond donors (Lipinski definition) is 1. The van der Waals surface area contributed by atoms with Crippen molar-refractivity contribution >= 4 is 0 Å². The Bertz CT molecular complexity index is 355. The summed E-state index contributed by atoms with van der Waals surface area (Å²) in [6.07, 6.45) is 3.73. The van der Waals surface area contributed by atoms with Crippen LogP contribution < -0.4 is 0 Å². The Morgan fingerprint density at radius 2 is 2.06 bits per heavy atom. The Labute approximate surface area is 110 Å². The molecule has 0 saturated carbocycles. The van der Waals surface area contributed by atoms with Gasteiger partial charge in [0.2, 0.25) is 0 Å². The van der Waals surface area contributed by atoms with E-state index in [-0.39, 0.29) is 11.5 Å². The lowest BCUT2D eigenvalue weighted by Gasteiger charge is -2.33. The molecular weight excluding hydrogens is 228 g/mol. The zero-order chi connectivity index (χ0) is 13.8. The molecule has 4 heteroatoms. The highest BCUT2D eigenvalue weighted by Gasteiger charge is 2.34. The molecule has 0 saturated heterocycles. The molecule has 1 N–H and O–H groups in total. The number of aryl methyl sites for hydroxylation is 1. The molecule has 1 rings (SSSR count). The molecule has 2 unspecified atom stereocenters. The molecule has 1 aromatic heterocycles. The van der Waals surface area contributed by atoms with E-state index in [2.05, 4.69) is 32.7 Å². The third-order valence-corrected chi connectivity index (χ3v) is 2.96. The summed E-state index contributed by atoms with van der Waals surface area (Å²) < 4.78 is 7.72. The van der Waals surface area contributed by atoms with E-state index < -0.39 is 6.10 Å². The van der Waals surface area contributed by atoms with E-state index in [0.717, 1.165) is 13.0 Å². The molecule has 0 amide bonds. The van der Waals surface area contributed by atoms with Crippen LogP contribution in [0, 0.1) is 5.41 Å². The molecule has 0 aliphatic rings. The molecule has 0 radical (unpaired) electrons. The highest BCUT2D eigenvalue weighted by atomic mass is 16.5. The van der Waals surface area contributed by atoms with Crippen LogP contribution in [0.1, 0.15) is 53.0 Å². The summed E-state index contributed by atoms with van der Waals surface area (Å²) in [6.45, 7) is 11.7. The monoisotopic (exact) mass is 254 g/mol. The van der Waals surface area contributed by atoms with E-state index in [4.69, 9.17) is 4.74 Å². The minimum atomic E-state index is -0.688. The lowest BCUT2D eigenvalue weighted by atomic mass is 9.85. The summed E-state index contributed by atoms with van der Waals surface area (Å²) in [5.41, 5.74) is -0.127. The Balaban J connectivity index is 2.94. The van der Waals surface area contributed by atoms with Gasteiger partial charge in [0, 0.05) is 25.5 Å². The molecule has 104 valence electrons. The number of aliphatic hydroxyl groups excluding tert-OH is 1. The van der Waals surface area contributed by atoms with Gasteiger partial charge in [0.15, 0.2) is 0 Å². The summed E-state index contributed by atoms with van der Waals surface area (Å²) >= 11 is 0. The van der Waals surface area contributed by atoms with E-state index in [1.165, 1.54) is 0 Å². The molecule has 2 atom stereocenters. The van der Waals surface area contributed by atoms with Gasteiger partial charge < -0.3 is 14.4 Å². The third kappa shape index (κ3) is 3.56. The fraction of sp³-hybridized carbons (Fsp3) is 0.786. The highest BCUT2D eigenvalue weighted by molar-refractivity contribution is 5.01. The Morgan fingerprint density at radius 1 is 1.39 bits per heavy atom. The second kappa shape index (κ2) is 6.34. The van der Waals surface area contributed by atoms with Gasteiger partial charge in [-0.05, 0) is 18.8 Å². The fourth-order valence-electron chi connectivity index (χ4n) is 2.15. The van der Waals surface area contributed by atoms with E-state index in [1.54, 1.807) is 6.20 Å². The van der Waals surface area contributed by atoms with Gasteiger partial charge in [-0.3, -0.25) is 0 Å². The summed E-state index contributed by atoms with van der Waals surface area (Å²) in [6, 6.07) is 0. The topological polar surface area (TPSA) is 47.3 Å². The second-order valence-electron chi connectivity index (χ2n) is 5.67. The fourth-order valence-corrected chi connectivity index (χ4v) is 2.15. The number of aliphatic hydroxyl groups is 1. The molecule has 0 fully saturated rings. The first-order valence-corrected chi connectivity index (χ1v) is 6.72. The van der Waals surface area contributed by atoms with Crippen molar-refractivity contribution in [1.82, 2.24) is 9.55 Å². The molecular formula is C14H26N2O2. The first-order chi connectivity index (χ1) is 8.41. The van der Waals surface area contributed by atoms with E-state index in [0.29, 0.717) is 12.4 Å². The predicted molar refractivity (Wildman–Crippen MR) is 72.3 cm³/mol. The molecule has 1 heterocycles. The Hall–Kier alpha value is -0.870. The molecule has 0 aliphatic heterocycles. The molecule has 0 aliphatic carbocycles. The second-order valence-corrected chi connectivity index (χ2v) is 5.67. The summed E-state index contributed by atoms with van der Waals surface area (Å²) in [4.78, 5) is 4.28. The Kier molecular flexibility index (Phi) is 5.35. The van der Waals surface area contributed by atoms with Crippen molar-refractivity contribution in [3.63, 3.8) is 0 Å². The van der Waals surface area contributed by atoms with Crippen LogP contribution in [0.5, 0.6) is 0 Å². The number of nitrogens with zero attached hydrogens (tertiary/aromatic N) is 2. The van der Waals surface area contributed by atoms with Crippen LogP contribution in [0.15, 0.2) is 12.4 Å². The van der Waals surface area contributed by atoms with Gasteiger partial charge in [0.25, 0.3) is 0 Å². The van der Waals surface area contributed by atoms with Gasteiger partial charge in [0.05, 0.1) is 6.10 Å². The predicted octanol–water partition coefficient (Wildman–Crippen LogP) is 2.78. The smallest absolute Gasteiger partial charge is 0.140 e. The minimum absolute atomic E-state index is 0.127. The van der Waals surface area contributed by atoms with Crippen molar-refractivity contribution in [2.24, 2.45) is 5.41 Å². The van der Waals surface area contributed by atoms with E-state index in [9.17, 15) is 5.11 Å². The van der Waals surface area contributed by atoms with Gasteiger partial charge in [-0.2, -0.15) is 0 Å². The first-order valence-electron chi connectivity index (χ1n) is 6.72. The van der Waals surface area contributed by atoms with Gasteiger partial charge >= 0.3 is 0 Å². The SMILES string of the molecule is CCCn1ccnc1C(O)C(OCC)C(C)(C)C. The lowest BCUT2D eigenvalue weighted by molar-refractivity contribution is -0.0937. The summed E-state index contributed by atoms with van der Waals surface area (Å²) in [7, 11) is 0. The van der Waals surface area contributed by atoms with Crippen LogP contribution in [0.4, 0.5) is 0 Å². The molecule has 0 aromatic carbocycles. The van der Waals surface area contributed by atoms with Crippen LogP contribution in [0.3, 0.4) is 0 Å². The highest BCUT2D eigenvalue weighted by Crippen LogP contribution is 2.32. The maximum Gasteiger partial charge on any atom is 0.140 e. The average Bonchev–Trinajstić information content (AvgIpc) is 2.72. The van der Waals surface area contributed by atoms with Gasteiger partial charge in [-0.25, -0.2) is 4.98 Å². The van der Waals surface area contributed by atoms with Crippen molar-refractivity contribution in [1.29, 1.82) is 0 Å². The van der Waals surface area contributed by atoms with E-state index in [1.807, 2.05) is 17.7 Å². The first kappa shape index (κ1) is 15.2. The van der Waals surface area contributed by atoms with Gasteiger partial charge in [-0.15, -0.1) is 0 Å². The van der Waals surface area contributed by atoms with E-state index >= 15 is 0 Å². The molecule has 4 nitrogen and oxygen atoms in total. The normalized spacial score (nSPS) is 15.7. The summed E-state index contributed by atoms with van der Waals surface area (Å²) in [5.74, 6) is 0.699. The number of imidazole rings is 1. The van der Waals surface area contributed by atoms with Crippen molar-refractivity contribution in [2.45, 2.75) is 59.8 Å². The average molecular weight is 254 g/mol. The van der Waals surface area contributed by atoms with Crippen LogP contribution in [0.2, 0.25) is 0 Å². The van der Waals surface area contributed by atoms with Crippen molar-refractivity contribution in [2.75, 3.05) is 6.61 Å². The molecule has 0 spiro atoms. The van der Waals surface area contributed by atoms with Crippen LogP contribution in [0.25, 0.3) is 0 Å². The quantitative estimate of drug-likeness (QED) is 0.849. The largest absolute Gasteiger partial charge is 0.382 e. The molecule has 1 aromatic rings. The van der Waals surface area contributed by atoms with Crippen LogP contribution >= 0.6 is 0 Å². The molecule has 0 bridgehead atoms. The third-order valence-electron chi connectivity index (χ3n) is 2.96. The number of ether oxygens (including phenoxy) is 1. The van der Waals surface area contributed by atoms with Gasteiger partial charge in [-0.1, -0.05) is 27.7 Å².